The summed E-state index contributed by atoms with van der Waals surface area (Å²) in [5.41, 5.74) is 10.4. The van der Waals surface area contributed by atoms with Crippen molar-refractivity contribution in [2.75, 3.05) is 39.5 Å². The van der Waals surface area contributed by atoms with Crippen LogP contribution in [0.2, 0.25) is 0 Å². The average molecular weight is 754 g/mol. The number of unbranched alkanes of at least 4 members (excludes halogenated alkanes) is 4. The number of hydrogen-bond donors (Lipinski definition) is 0. The van der Waals surface area contributed by atoms with Gasteiger partial charge >= 0.3 is 17.9 Å². The van der Waals surface area contributed by atoms with Gasteiger partial charge in [-0.05, 0) is 113 Å². The van der Waals surface area contributed by atoms with Gasteiger partial charge in [0.15, 0.2) is 0 Å². The van der Waals surface area contributed by atoms with Crippen LogP contribution < -0.4 is 0 Å². The molecule has 0 bridgehead atoms. The zero-order valence-electron chi connectivity index (χ0n) is 34.9. The fourth-order valence-corrected chi connectivity index (χ4v) is 8.14. The third-order valence-electron chi connectivity index (χ3n) is 11.5. The van der Waals surface area contributed by atoms with E-state index in [0.29, 0.717) is 32.7 Å². The first-order valence-electron chi connectivity index (χ1n) is 22.6. The van der Waals surface area contributed by atoms with E-state index in [1.54, 1.807) is 0 Å². The molecule has 308 valence electrons. The molecular weight excluding hydrogens is 675 g/mol. The Labute approximate surface area is 330 Å². The van der Waals surface area contributed by atoms with Gasteiger partial charge in [0.1, 0.15) is 0 Å². The molecule has 2 atom stereocenters. The van der Waals surface area contributed by atoms with Crippen molar-refractivity contribution in [2.24, 2.45) is 17.8 Å². The van der Waals surface area contributed by atoms with Gasteiger partial charge in [-0.15, -0.1) is 0 Å². The molecule has 0 N–H and O–H groups in total. The molecular formula is C47H79NO6. The summed E-state index contributed by atoms with van der Waals surface area (Å²) in [6.45, 7) is 12.8. The molecule has 54 heavy (non-hydrogen) atoms. The number of rotatable bonds is 13. The number of hydrogen-bond acceptors (Lipinski definition) is 7. The molecule has 2 unspecified atom stereocenters. The van der Waals surface area contributed by atoms with Gasteiger partial charge in [0, 0.05) is 19.4 Å². The number of carbonyl (C=O) groups is 3. The van der Waals surface area contributed by atoms with Crippen LogP contribution in [0.15, 0.2) is 29.3 Å². The van der Waals surface area contributed by atoms with Crippen LogP contribution in [0.25, 0.3) is 0 Å². The van der Waals surface area contributed by atoms with Crippen LogP contribution in [0.1, 0.15) is 194 Å². The Morgan fingerprint density at radius 3 is 1.70 bits per heavy atom. The van der Waals surface area contributed by atoms with E-state index < -0.39 is 0 Å². The van der Waals surface area contributed by atoms with Crippen molar-refractivity contribution in [3.63, 3.8) is 0 Å². The first kappa shape index (κ1) is 47.6. The molecule has 0 amide bonds. The highest BCUT2D eigenvalue weighted by molar-refractivity contribution is 5.72. The summed E-state index contributed by atoms with van der Waals surface area (Å²) in [7, 11) is 0. The fourth-order valence-electron chi connectivity index (χ4n) is 8.14. The lowest BCUT2D eigenvalue weighted by Gasteiger charge is -2.26. The monoisotopic (exact) mass is 754 g/mol. The Morgan fingerprint density at radius 2 is 1.19 bits per heavy atom. The number of cyclic esters (lactones) is 2. The number of esters is 3. The lowest BCUT2D eigenvalue weighted by atomic mass is 9.79. The second kappa shape index (κ2) is 32.7. The number of allylic oxidation sites excluding steroid dienone is 1. The smallest absolute Gasteiger partial charge is 0.308 e. The molecule has 2 rings (SSSR count). The maximum absolute atomic E-state index is 13.2. The highest BCUT2D eigenvalue weighted by Gasteiger charge is 2.24. The molecule has 7 nitrogen and oxygen atoms in total. The van der Waals surface area contributed by atoms with Crippen LogP contribution in [0.3, 0.4) is 0 Å². The molecule has 2 aliphatic heterocycles. The van der Waals surface area contributed by atoms with E-state index in [2.05, 4.69) is 42.5 Å². The quantitative estimate of drug-likeness (QED) is 0.0801. The molecule has 0 aliphatic carbocycles. The zero-order chi connectivity index (χ0) is 38.9. The summed E-state index contributed by atoms with van der Waals surface area (Å²) in [6.07, 6.45) is 27.7. The van der Waals surface area contributed by atoms with Crippen molar-refractivity contribution in [1.29, 1.82) is 0 Å². The summed E-state index contributed by atoms with van der Waals surface area (Å²) in [5, 5.41) is 0. The van der Waals surface area contributed by atoms with Gasteiger partial charge in [-0.2, -0.15) is 0 Å². The third kappa shape index (κ3) is 23.4. The molecule has 0 aromatic rings. The molecule has 7 heteroatoms. The van der Waals surface area contributed by atoms with Crippen LogP contribution in [0, 0.1) is 17.8 Å². The van der Waals surface area contributed by atoms with Crippen LogP contribution in [-0.2, 0) is 28.6 Å². The largest absolute Gasteiger partial charge is 0.466 e. The molecule has 0 aromatic heterocycles. The van der Waals surface area contributed by atoms with E-state index >= 15 is 0 Å². The first-order valence-corrected chi connectivity index (χ1v) is 22.6. The van der Waals surface area contributed by atoms with E-state index in [9.17, 15) is 14.4 Å². The van der Waals surface area contributed by atoms with Crippen LogP contribution in [0.5, 0.6) is 0 Å². The minimum atomic E-state index is -0.120. The number of carbonyl (C=O) groups excluding carboxylic acids is 3. The minimum Gasteiger partial charge on any atom is -0.466 e. The molecule has 0 radical (unpaired) electrons. The highest BCUT2D eigenvalue weighted by atomic mass is 16.5. The van der Waals surface area contributed by atoms with Gasteiger partial charge in [0.25, 0.3) is 0 Å². The molecule has 2 heterocycles. The first-order chi connectivity index (χ1) is 26.5. The van der Waals surface area contributed by atoms with Crippen LogP contribution >= 0.6 is 0 Å². The summed E-state index contributed by atoms with van der Waals surface area (Å²) >= 11 is 0. The maximum atomic E-state index is 13.2. The van der Waals surface area contributed by atoms with Crippen molar-refractivity contribution in [3.05, 3.63) is 29.3 Å². The molecule has 2 fully saturated rings. The van der Waals surface area contributed by atoms with Gasteiger partial charge in [0.2, 0.25) is 0 Å². The summed E-state index contributed by atoms with van der Waals surface area (Å²) in [4.78, 5) is 41.2. The van der Waals surface area contributed by atoms with Crippen molar-refractivity contribution < 1.29 is 28.6 Å². The van der Waals surface area contributed by atoms with Gasteiger partial charge in [0.05, 0.1) is 25.7 Å². The summed E-state index contributed by atoms with van der Waals surface area (Å²) < 4.78 is 17.4. The zero-order valence-corrected chi connectivity index (χ0v) is 34.9. The Hall–Kier alpha value is -2.55. The molecule has 0 aromatic carbocycles. The van der Waals surface area contributed by atoms with Gasteiger partial charge in [-0.1, -0.05) is 122 Å². The van der Waals surface area contributed by atoms with E-state index in [-0.39, 0.29) is 35.7 Å². The molecule has 2 aliphatic rings. The predicted molar refractivity (Wildman–Crippen MR) is 220 cm³/mol. The van der Waals surface area contributed by atoms with Crippen LogP contribution in [0.4, 0.5) is 0 Å². The second-order valence-electron chi connectivity index (χ2n) is 16.0. The average Bonchev–Trinajstić information content (AvgIpc) is 3.17. The third-order valence-corrected chi connectivity index (χ3v) is 11.5. The van der Waals surface area contributed by atoms with Gasteiger partial charge < -0.3 is 19.1 Å². The van der Waals surface area contributed by atoms with E-state index in [4.69, 9.17) is 14.2 Å². The van der Waals surface area contributed by atoms with Crippen LogP contribution in [-0.4, -0.2) is 62.3 Å². The fraction of sp³-hybridized carbons (Fsp3) is 0.830. The Kier molecular flexibility index (Phi) is 28.8. The predicted octanol–water partition coefficient (Wildman–Crippen LogP) is 11.8. The Morgan fingerprint density at radius 1 is 0.685 bits per heavy atom. The summed E-state index contributed by atoms with van der Waals surface area (Å²) in [5.74, 6) is 0.121. The highest BCUT2D eigenvalue weighted by Crippen LogP contribution is 2.33. The van der Waals surface area contributed by atoms with Gasteiger partial charge in [-0.3, -0.25) is 14.4 Å². The number of ether oxygens (including phenoxy) is 3. The number of nitrogens with zero attached hydrogens (tertiary/aromatic N) is 1. The lowest BCUT2D eigenvalue weighted by molar-refractivity contribution is -0.149. The van der Waals surface area contributed by atoms with E-state index in [1.807, 2.05) is 0 Å². The molecule has 2 saturated heterocycles. The topological polar surface area (TPSA) is 82.1 Å². The Bertz CT molecular complexity index is 1070. The lowest BCUT2D eigenvalue weighted by Crippen LogP contribution is -2.31. The van der Waals surface area contributed by atoms with Crippen molar-refractivity contribution in [2.45, 2.75) is 194 Å². The van der Waals surface area contributed by atoms with E-state index in [0.717, 1.165) is 154 Å². The second-order valence-corrected chi connectivity index (χ2v) is 16.0. The SMILES string of the molecule is C=C=C=C=C1C(CCCCC)CCOC(=O)CCCCCCCC(C(=O)OCCCN2CCCCC2)CCCCCCCC(=O)OCCC1CCCCC. The molecule has 0 saturated carbocycles. The normalized spacial score (nSPS) is 23.2. The van der Waals surface area contributed by atoms with Crippen molar-refractivity contribution in [1.82, 2.24) is 4.90 Å². The van der Waals surface area contributed by atoms with Gasteiger partial charge in [-0.25, -0.2) is 0 Å². The minimum absolute atomic E-state index is 0.0247. The number of piperidine rings is 1. The number of likely N-dealkylation sites (tertiary alicyclic amines) is 1. The maximum Gasteiger partial charge on any atom is 0.308 e. The molecule has 0 spiro atoms. The summed E-state index contributed by atoms with van der Waals surface area (Å²) in [6, 6.07) is 0. The standard InChI is InChI=1S/C47H79NO6/c1-4-7-17-26-41-33-39-52-45(49)31-21-14-10-12-19-28-43(47(51)54-38-25-37-48-35-23-16-24-36-48)29-20-13-11-15-22-32-46(50)53-40-34-42(27-18-8-5-2)44(41)30-9-6-3/h41-43H,3-5,7-8,10-29,31-40H2,1-2H3. The van der Waals surface area contributed by atoms with Crippen molar-refractivity contribution >= 4 is 17.9 Å². The van der Waals surface area contributed by atoms with E-state index in [1.165, 1.54) is 37.9 Å². The Balaban J connectivity index is 2.02. The van der Waals surface area contributed by atoms with Crippen molar-refractivity contribution in [3.8, 4) is 0 Å².